The van der Waals surface area contributed by atoms with Crippen molar-refractivity contribution < 1.29 is 27.5 Å². The maximum atomic E-state index is 12.6. The summed E-state index contributed by atoms with van der Waals surface area (Å²) in [7, 11) is -2.37. The van der Waals surface area contributed by atoms with Gasteiger partial charge in [0.25, 0.3) is 21.8 Å². The Kier molecular flexibility index (Phi) is 7.52. The minimum atomic E-state index is -3.81. The van der Waals surface area contributed by atoms with Gasteiger partial charge in [0.15, 0.2) is 0 Å². The Morgan fingerprint density at radius 2 is 1.48 bits per heavy atom. The quantitative estimate of drug-likeness (QED) is 0.436. The van der Waals surface area contributed by atoms with E-state index >= 15 is 0 Å². The van der Waals surface area contributed by atoms with Crippen molar-refractivity contribution in [2.75, 3.05) is 18.4 Å². The Labute approximate surface area is 191 Å². The molecule has 0 aliphatic rings. The van der Waals surface area contributed by atoms with Gasteiger partial charge in [0.05, 0.1) is 24.2 Å². The lowest BCUT2D eigenvalue weighted by molar-refractivity contribution is 0.0845. The van der Waals surface area contributed by atoms with Crippen molar-refractivity contribution in [3.63, 3.8) is 0 Å². The van der Waals surface area contributed by atoms with Gasteiger partial charge in [0.1, 0.15) is 11.5 Å². The molecule has 0 spiro atoms. The summed E-state index contributed by atoms with van der Waals surface area (Å²) < 4.78 is 38.0. The van der Waals surface area contributed by atoms with Crippen LogP contribution in [0.4, 0.5) is 5.69 Å². The van der Waals surface area contributed by atoms with Gasteiger partial charge in [-0.05, 0) is 67.6 Å². The zero-order valence-corrected chi connectivity index (χ0v) is 18.8. The van der Waals surface area contributed by atoms with Gasteiger partial charge in [-0.1, -0.05) is 12.1 Å². The third-order valence-corrected chi connectivity index (χ3v) is 5.88. The van der Waals surface area contributed by atoms with Crippen LogP contribution in [-0.2, 0) is 10.0 Å². The van der Waals surface area contributed by atoms with E-state index in [0.29, 0.717) is 18.1 Å². The van der Waals surface area contributed by atoms with Gasteiger partial charge in [-0.25, -0.2) is 8.42 Å². The van der Waals surface area contributed by atoms with Crippen LogP contribution in [-0.4, -0.2) is 33.9 Å². The molecule has 0 bridgehead atoms. The number of methoxy groups -OCH3 is 1. The molecule has 0 unspecified atom stereocenters. The monoisotopic (exact) mass is 469 g/mol. The first-order valence-corrected chi connectivity index (χ1v) is 11.4. The fourth-order valence-corrected chi connectivity index (χ4v) is 3.93. The second-order valence-corrected chi connectivity index (χ2v) is 8.38. The molecule has 0 saturated heterocycles. The van der Waals surface area contributed by atoms with Gasteiger partial charge in [-0.15, -0.1) is 0 Å². The van der Waals surface area contributed by atoms with E-state index < -0.39 is 21.8 Å². The molecule has 3 aromatic rings. The molecule has 3 aromatic carbocycles. The van der Waals surface area contributed by atoms with E-state index in [0.717, 1.165) is 0 Å². The number of carbonyl (C=O) groups is 2. The Balaban J connectivity index is 1.61. The highest BCUT2D eigenvalue weighted by molar-refractivity contribution is 7.92. The summed E-state index contributed by atoms with van der Waals surface area (Å²) in [6, 6.07) is 18.4. The molecule has 0 saturated carbocycles. The van der Waals surface area contributed by atoms with Crippen molar-refractivity contribution in [3.8, 4) is 11.5 Å². The van der Waals surface area contributed by atoms with Crippen LogP contribution in [0.5, 0.6) is 11.5 Å². The van der Waals surface area contributed by atoms with Crippen molar-refractivity contribution >= 4 is 27.5 Å². The van der Waals surface area contributed by atoms with Crippen molar-refractivity contribution in [1.82, 2.24) is 10.9 Å². The fourth-order valence-electron chi connectivity index (χ4n) is 2.87. The van der Waals surface area contributed by atoms with Gasteiger partial charge in [-0.2, -0.15) is 0 Å². The van der Waals surface area contributed by atoms with Crippen molar-refractivity contribution in [1.29, 1.82) is 0 Å². The standard InChI is InChI=1S/C23H23N3O6S/c1-3-32-18-12-14-19(15-13-18)33(29,30)26-17-10-8-16(9-11-17)22(27)24-25-23(28)20-6-4-5-7-21(20)31-2/h4-15,26H,3H2,1-2H3,(H,24,27)(H,25,28). The molecule has 0 atom stereocenters. The highest BCUT2D eigenvalue weighted by Crippen LogP contribution is 2.20. The fraction of sp³-hybridized carbons (Fsp3) is 0.130. The van der Waals surface area contributed by atoms with E-state index in [1.165, 1.54) is 43.5 Å². The molecule has 0 aromatic heterocycles. The summed E-state index contributed by atoms with van der Waals surface area (Å²) in [5, 5.41) is 0. The van der Waals surface area contributed by atoms with Crippen LogP contribution in [0.2, 0.25) is 0 Å². The molecule has 0 radical (unpaired) electrons. The van der Waals surface area contributed by atoms with E-state index in [4.69, 9.17) is 9.47 Å². The van der Waals surface area contributed by atoms with Crippen LogP contribution in [0, 0.1) is 0 Å². The molecule has 3 N–H and O–H groups in total. The van der Waals surface area contributed by atoms with Crippen LogP contribution in [0.1, 0.15) is 27.6 Å². The predicted octanol–water partition coefficient (Wildman–Crippen LogP) is 2.97. The van der Waals surface area contributed by atoms with Crippen molar-refractivity contribution in [2.24, 2.45) is 0 Å². The molecule has 0 fully saturated rings. The van der Waals surface area contributed by atoms with Gasteiger partial charge in [0.2, 0.25) is 0 Å². The molecule has 10 heteroatoms. The first kappa shape index (κ1) is 23.6. The number of amides is 2. The van der Waals surface area contributed by atoms with Gasteiger partial charge in [0, 0.05) is 11.3 Å². The Bertz CT molecular complexity index is 1230. The number of anilines is 1. The van der Waals surface area contributed by atoms with Gasteiger partial charge in [-0.3, -0.25) is 25.2 Å². The zero-order chi connectivity index (χ0) is 23.8. The Hall–Kier alpha value is -4.05. The Morgan fingerprint density at radius 1 is 0.848 bits per heavy atom. The minimum Gasteiger partial charge on any atom is -0.496 e. The number of nitrogens with one attached hydrogen (secondary N) is 3. The summed E-state index contributed by atoms with van der Waals surface area (Å²) in [5.41, 5.74) is 5.39. The summed E-state index contributed by atoms with van der Waals surface area (Å²) in [6.07, 6.45) is 0. The SMILES string of the molecule is CCOc1ccc(S(=O)(=O)Nc2ccc(C(=O)NNC(=O)c3ccccc3OC)cc2)cc1. The largest absolute Gasteiger partial charge is 0.496 e. The second kappa shape index (κ2) is 10.5. The molecule has 172 valence electrons. The van der Waals surface area contributed by atoms with E-state index in [9.17, 15) is 18.0 Å². The van der Waals surface area contributed by atoms with Crippen molar-refractivity contribution in [2.45, 2.75) is 11.8 Å². The van der Waals surface area contributed by atoms with Crippen LogP contribution < -0.4 is 25.0 Å². The maximum Gasteiger partial charge on any atom is 0.273 e. The average Bonchev–Trinajstić information content (AvgIpc) is 2.83. The molecule has 3 rings (SSSR count). The number of rotatable bonds is 8. The third-order valence-electron chi connectivity index (χ3n) is 4.49. The van der Waals surface area contributed by atoms with Gasteiger partial charge < -0.3 is 9.47 Å². The van der Waals surface area contributed by atoms with Crippen LogP contribution in [0.25, 0.3) is 0 Å². The lowest BCUT2D eigenvalue weighted by Gasteiger charge is -2.11. The summed E-state index contributed by atoms with van der Waals surface area (Å²) >= 11 is 0. The number of benzene rings is 3. The van der Waals surface area contributed by atoms with Crippen LogP contribution >= 0.6 is 0 Å². The molecule has 0 aliphatic heterocycles. The molecule has 0 heterocycles. The van der Waals surface area contributed by atoms with Crippen LogP contribution in [0.15, 0.2) is 77.7 Å². The normalized spacial score (nSPS) is 10.7. The van der Waals surface area contributed by atoms with Gasteiger partial charge >= 0.3 is 0 Å². The molecule has 33 heavy (non-hydrogen) atoms. The number of para-hydroxylation sites is 1. The summed E-state index contributed by atoms with van der Waals surface area (Å²) in [6.45, 7) is 2.32. The minimum absolute atomic E-state index is 0.0758. The van der Waals surface area contributed by atoms with Crippen LogP contribution in [0.3, 0.4) is 0 Å². The third kappa shape index (κ3) is 6.01. The summed E-state index contributed by atoms with van der Waals surface area (Å²) in [5.74, 6) is -0.169. The first-order valence-electron chi connectivity index (χ1n) is 9.93. The smallest absolute Gasteiger partial charge is 0.273 e. The molecular formula is C23H23N3O6S. The van der Waals surface area contributed by atoms with E-state index in [1.54, 1.807) is 36.4 Å². The maximum absolute atomic E-state index is 12.6. The number of hydrogen-bond donors (Lipinski definition) is 3. The zero-order valence-electron chi connectivity index (χ0n) is 18.0. The van der Waals surface area contributed by atoms with E-state index in [1.807, 2.05) is 6.92 Å². The molecular weight excluding hydrogens is 446 g/mol. The molecule has 9 nitrogen and oxygen atoms in total. The Morgan fingerprint density at radius 3 is 2.12 bits per heavy atom. The number of carbonyl (C=O) groups excluding carboxylic acids is 2. The lowest BCUT2D eigenvalue weighted by atomic mass is 10.2. The van der Waals surface area contributed by atoms with E-state index in [2.05, 4.69) is 15.6 Å². The highest BCUT2D eigenvalue weighted by atomic mass is 32.2. The highest BCUT2D eigenvalue weighted by Gasteiger charge is 2.16. The molecule has 0 aliphatic carbocycles. The summed E-state index contributed by atoms with van der Waals surface area (Å²) in [4.78, 5) is 24.7. The number of hydrogen-bond acceptors (Lipinski definition) is 6. The van der Waals surface area contributed by atoms with E-state index in [-0.39, 0.29) is 21.7 Å². The second-order valence-electron chi connectivity index (χ2n) is 6.70. The van der Waals surface area contributed by atoms with Crippen molar-refractivity contribution in [3.05, 3.63) is 83.9 Å². The topological polar surface area (TPSA) is 123 Å². The average molecular weight is 470 g/mol. The lowest BCUT2D eigenvalue weighted by Crippen LogP contribution is -2.41. The predicted molar refractivity (Wildman–Crippen MR) is 123 cm³/mol. The number of sulfonamides is 1. The molecule has 2 amide bonds. The number of hydrazine groups is 1. The first-order chi connectivity index (χ1) is 15.8. The number of ether oxygens (including phenoxy) is 2.